The molecule has 5 nitrogen and oxygen atoms in total. The summed E-state index contributed by atoms with van der Waals surface area (Å²) in [6.45, 7) is 1.60. The lowest BCUT2D eigenvalue weighted by atomic mass is 9.88. The highest BCUT2D eigenvalue weighted by Crippen LogP contribution is 2.36. The number of nitrogens with one attached hydrogen (secondary N) is 2. The summed E-state index contributed by atoms with van der Waals surface area (Å²) < 4.78 is 13.9. The number of hydrogen-bond acceptors (Lipinski definition) is 2. The van der Waals surface area contributed by atoms with Crippen molar-refractivity contribution in [1.82, 2.24) is 9.88 Å². The summed E-state index contributed by atoms with van der Waals surface area (Å²) in [4.78, 5) is 30.6. The Morgan fingerprint density at radius 3 is 2.50 bits per heavy atom. The number of aromatic nitrogens is 1. The first-order valence-corrected chi connectivity index (χ1v) is 11.6. The van der Waals surface area contributed by atoms with Gasteiger partial charge in [-0.15, -0.1) is 0 Å². The maximum absolute atomic E-state index is 13.9. The lowest BCUT2D eigenvalue weighted by Gasteiger charge is -2.33. The third-order valence-corrected chi connectivity index (χ3v) is 7.04. The molecule has 0 spiro atoms. The Morgan fingerprint density at radius 1 is 1.00 bits per heavy atom. The van der Waals surface area contributed by atoms with Crippen LogP contribution in [0, 0.1) is 11.7 Å². The van der Waals surface area contributed by atoms with E-state index in [2.05, 4.69) is 15.2 Å². The molecule has 0 atom stereocenters. The van der Waals surface area contributed by atoms with Gasteiger partial charge in [-0.25, -0.2) is 4.39 Å². The molecule has 2 aromatic carbocycles. The van der Waals surface area contributed by atoms with E-state index in [9.17, 15) is 14.0 Å². The molecule has 1 aliphatic carbocycles. The number of H-pyrrole nitrogens is 1. The van der Waals surface area contributed by atoms with Gasteiger partial charge in [0.25, 0.3) is 5.91 Å². The standard InChI is InChI=1S/C26H28FN3O2/c27-23-8-4-3-7-20(23)25(31)29-19-9-10-24-21(15-19)22(16-28-24)17-11-13-30(14-12-17)26(32)18-5-1-2-6-18/h3-4,7-10,15-18,28H,1-2,5-6,11-14H2,(H,29,31). The number of piperidine rings is 1. The molecular weight excluding hydrogens is 405 g/mol. The van der Waals surface area contributed by atoms with Crippen LogP contribution in [0.15, 0.2) is 48.7 Å². The Bertz CT molecular complexity index is 1140. The minimum atomic E-state index is -0.535. The van der Waals surface area contributed by atoms with E-state index in [4.69, 9.17) is 0 Å². The first-order chi connectivity index (χ1) is 15.6. The zero-order valence-electron chi connectivity index (χ0n) is 18.1. The monoisotopic (exact) mass is 433 g/mol. The maximum Gasteiger partial charge on any atom is 0.258 e. The molecule has 2 N–H and O–H groups in total. The molecular formula is C26H28FN3O2. The van der Waals surface area contributed by atoms with Crippen LogP contribution in [0.4, 0.5) is 10.1 Å². The topological polar surface area (TPSA) is 65.2 Å². The van der Waals surface area contributed by atoms with Crippen molar-refractivity contribution < 1.29 is 14.0 Å². The molecule has 1 aromatic heterocycles. The van der Waals surface area contributed by atoms with E-state index in [0.29, 0.717) is 17.5 Å². The zero-order chi connectivity index (χ0) is 22.1. The number of hydrogen-bond donors (Lipinski definition) is 2. The molecule has 0 unspecified atom stereocenters. The number of rotatable bonds is 4. The minimum absolute atomic E-state index is 0.0289. The fraction of sp³-hybridized carbons (Fsp3) is 0.385. The van der Waals surface area contributed by atoms with Crippen molar-refractivity contribution >= 4 is 28.4 Å². The van der Waals surface area contributed by atoms with Gasteiger partial charge in [-0.05, 0) is 67.5 Å². The molecule has 2 fully saturated rings. The molecule has 2 aliphatic rings. The van der Waals surface area contributed by atoms with Crippen LogP contribution in [0.5, 0.6) is 0 Å². The Labute approximate surface area is 187 Å². The van der Waals surface area contributed by atoms with Gasteiger partial charge in [0.1, 0.15) is 5.82 Å². The van der Waals surface area contributed by atoms with E-state index < -0.39 is 11.7 Å². The average Bonchev–Trinajstić information content (AvgIpc) is 3.49. The fourth-order valence-electron chi connectivity index (χ4n) is 5.24. The molecule has 5 rings (SSSR count). The van der Waals surface area contributed by atoms with Gasteiger partial charge in [0, 0.05) is 41.8 Å². The first kappa shape index (κ1) is 20.7. The zero-order valence-corrected chi connectivity index (χ0v) is 18.1. The third-order valence-electron chi connectivity index (χ3n) is 7.04. The van der Waals surface area contributed by atoms with Crippen LogP contribution in [0.2, 0.25) is 0 Å². The van der Waals surface area contributed by atoms with E-state index in [1.54, 1.807) is 12.1 Å². The van der Waals surface area contributed by atoms with Crippen LogP contribution in [-0.2, 0) is 4.79 Å². The Morgan fingerprint density at radius 2 is 1.75 bits per heavy atom. The molecule has 0 bridgehead atoms. The number of nitrogens with zero attached hydrogens (tertiary/aromatic N) is 1. The summed E-state index contributed by atoms with van der Waals surface area (Å²) >= 11 is 0. The van der Waals surface area contributed by atoms with Crippen LogP contribution >= 0.6 is 0 Å². The Balaban J connectivity index is 1.30. The lowest BCUT2D eigenvalue weighted by Crippen LogP contribution is -2.40. The van der Waals surface area contributed by atoms with Crippen molar-refractivity contribution in [2.24, 2.45) is 5.92 Å². The van der Waals surface area contributed by atoms with Gasteiger partial charge in [0.05, 0.1) is 5.56 Å². The number of carbonyl (C=O) groups excluding carboxylic acids is 2. The minimum Gasteiger partial charge on any atom is -0.361 e. The van der Waals surface area contributed by atoms with Crippen LogP contribution in [0.25, 0.3) is 10.9 Å². The van der Waals surface area contributed by atoms with E-state index >= 15 is 0 Å². The molecule has 2 heterocycles. The van der Waals surface area contributed by atoms with Crippen LogP contribution in [0.1, 0.15) is 60.4 Å². The number of aromatic amines is 1. The summed E-state index contributed by atoms with van der Waals surface area (Å²) in [5.74, 6) is -0.0437. The van der Waals surface area contributed by atoms with Gasteiger partial charge in [0.2, 0.25) is 5.91 Å². The number of anilines is 1. The van der Waals surface area contributed by atoms with Crippen LogP contribution in [-0.4, -0.2) is 34.8 Å². The maximum atomic E-state index is 13.9. The van der Waals surface area contributed by atoms with Gasteiger partial charge in [-0.2, -0.15) is 0 Å². The highest BCUT2D eigenvalue weighted by atomic mass is 19.1. The summed E-state index contributed by atoms with van der Waals surface area (Å²) in [5.41, 5.74) is 2.89. The molecule has 166 valence electrons. The highest BCUT2D eigenvalue weighted by Gasteiger charge is 2.31. The van der Waals surface area contributed by atoms with Crippen LogP contribution in [0.3, 0.4) is 0 Å². The second-order valence-corrected chi connectivity index (χ2v) is 9.02. The predicted molar refractivity (Wildman–Crippen MR) is 123 cm³/mol. The summed E-state index contributed by atoms with van der Waals surface area (Å²) in [6.07, 6.45) is 8.38. The quantitative estimate of drug-likeness (QED) is 0.574. The van der Waals surface area contributed by atoms with Crippen LogP contribution < -0.4 is 5.32 Å². The van der Waals surface area contributed by atoms with E-state index in [-0.39, 0.29) is 11.5 Å². The molecule has 1 saturated heterocycles. The Kier molecular flexibility index (Phi) is 5.68. The highest BCUT2D eigenvalue weighted by molar-refractivity contribution is 6.05. The number of halogens is 1. The molecule has 1 aliphatic heterocycles. The summed E-state index contributed by atoms with van der Waals surface area (Å²) in [5, 5.41) is 3.89. The molecule has 0 radical (unpaired) electrons. The van der Waals surface area contributed by atoms with Crippen molar-refractivity contribution in [3.05, 3.63) is 65.6 Å². The predicted octanol–water partition coefficient (Wildman–Crippen LogP) is 5.46. The fourth-order valence-corrected chi connectivity index (χ4v) is 5.24. The van der Waals surface area contributed by atoms with Crippen molar-refractivity contribution in [3.8, 4) is 0 Å². The largest absolute Gasteiger partial charge is 0.361 e. The third kappa shape index (κ3) is 4.01. The summed E-state index contributed by atoms with van der Waals surface area (Å²) in [6, 6.07) is 11.7. The van der Waals surface area contributed by atoms with Gasteiger partial charge in [-0.1, -0.05) is 25.0 Å². The average molecular weight is 434 g/mol. The molecule has 3 aromatic rings. The van der Waals surface area contributed by atoms with Crippen molar-refractivity contribution in [2.75, 3.05) is 18.4 Å². The summed E-state index contributed by atoms with van der Waals surface area (Å²) in [7, 11) is 0. The molecule has 6 heteroatoms. The van der Waals surface area contributed by atoms with Crippen molar-refractivity contribution in [2.45, 2.75) is 44.4 Å². The number of likely N-dealkylation sites (tertiary alicyclic amines) is 1. The second kappa shape index (κ2) is 8.77. The number of benzene rings is 2. The number of amides is 2. The molecule has 32 heavy (non-hydrogen) atoms. The van der Waals surface area contributed by atoms with Gasteiger partial charge in [0.15, 0.2) is 0 Å². The second-order valence-electron chi connectivity index (χ2n) is 9.02. The van der Waals surface area contributed by atoms with E-state index in [1.165, 1.54) is 30.5 Å². The normalized spacial score (nSPS) is 17.7. The van der Waals surface area contributed by atoms with Crippen molar-refractivity contribution in [3.63, 3.8) is 0 Å². The van der Waals surface area contributed by atoms with Gasteiger partial charge < -0.3 is 15.2 Å². The first-order valence-electron chi connectivity index (χ1n) is 11.6. The lowest BCUT2D eigenvalue weighted by molar-refractivity contribution is -0.136. The molecule has 1 saturated carbocycles. The van der Waals surface area contributed by atoms with E-state index in [0.717, 1.165) is 49.7 Å². The number of fused-ring (bicyclic) bond motifs is 1. The van der Waals surface area contributed by atoms with E-state index in [1.807, 2.05) is 24.4 Å². The van der Waals surface area contributed by atoms with Gasteiger partial charge >= 0.3 is 0 Å². The smallest absolute Gasteiger partial charge is 0.258 e. The SMILES string of the molecule is O=C(Nc1ccc2[nH]cc(C3CCN(C(=O)C4CCCC4)CC3)c2c1)c1ccccc1F. The number of carbonyl (C=O) groups is 2. The van der Waals surface area contributed by atoms with Crippen molar-refractivity contribution in [1.29, 1.82) is 0 Å². The van der Waals surface area contributed by atoms with Gasteiger partial charge in [-0.3, -0.25) is 9.59 Å². The molecule has 2 amide bonds. The Hall–Kier alpha value is -3.15.